The average molecular weight is 225 g/mol. The predicted molar refractivity (Wildman–Crippen MR) is 59.7 cm³/mol. The van der Waals surface area contributed by atoms with Crippen molar-refractivity contribution in [1.29, 1.82) is 0 Å². The Kier molecular flexibility index (Phi) is 4.01. The Morgan fingerprint density at radius 1 is 1.56 bits per heavy atom. The van der Waals surface area contributed by atoms with Crippen molar-refractivity contribution in [3.05, 3.63) is 35.1 Å². The Hall–Kier alpha value is -1.42. The van der Waals surface area contributed by atoms with Crippen LogP contribution in [0.3, 0.4) is 0 Å². The van der Waals surface area contributed by atoms with Crippen molar-refractivity contribution in [1.82, 2.24) is 4.90 Å². The first-order chi connectivity index (χ1) is 7.41. The molecule has 0 amide bonds. The quantitative estimate of drug-likeness (QED) is 0.852. The first-order valence-corrected chi connectivity index (χ1v) is 5.10. The van der Waals surface area contributed by atoms with Crippen molar-refractivity contribution in [2.24, 2.45) is 0 Å². The Bertz CT molecular complexity index is 393. The van der Waals surface area contributed by atoms with Crippen molar-refractivity contribution < 1.29 is 14.3 Å². The van der Waals surface area contributed by atoms with Gasteiger partial charge in [-0.1, -0.05) is 12.1 Å². The summed E-state index contributed by atoms with van der Waals surface area (Å²) in [5.74, 6) is -1.14. The summed E-state index contributed by atoms with van der Waals surface area (Å²) < 4.78 is 13.3. The fraction of sp³-hybridized carbons (Fsp3) is 0.417. The Labute approximate surface area is 94.5 Å². The van der Waals surface area contributed by atoms with E-state index in [4.69, 9.17) is 5.11 Å². The Balaban J connectivity index is 2.73. The average Bonchev–Trinajstić information content (AvgIpc) is 2.22. The summed E-state index contributed by atoms with van der Waals surface area (Å²) in [5, 5.41) is 8.81. The van der Waals surface area contributed by atoms with Gasteiger partial charge in [0.05, 0.1) is 0 Å². The van der Waals surface area contributed by atoms with Crippen LogP contribution in [0.4, 0.5) is 4.39 Å². The number of carboxylic acid groups (broad SMARTS) is 1. The number of benzene rings is 1. The second-order valence-corrected chi connectivity index (χ2v) is 4.01. The third-order valence-corrected chi connectivity index (χ3v) is 2.69. The summed E-state index contributed by atoms with van der Waals surface area (Å²) in [4.78, 5) is 12.4. The minimum atomic E-state index is -0.880. The second kappa shape index (κ2) is 5.07. The van der Waals surface area contributed by atoms with Crippen LogP contribution in [0.2, 0.25) is 0 Å². The molecule has 1 atom stereocenters. The number of nitrogens with zero attached hydrogens (tertiary/aromatic N) is 1. The number of rotatable bonds is 4. The minimum Gasteiger partial charge on any atom is -0.480 e. The van der Waals surface area contributed by atoms with Gasteiger partial charge in [0.1, 0.15) is 11.9 Å². The molecule has 1 N–H and O–H groups in total. The van der Waals surface area contributed by atoms with Crippen LogP contribution >= 0.6 is 0 Å². The lowest BCUT2D eigenvalue weighted by Crippen LogP contribution is -2.35. The standard InChI is InChI=1S/C12H16FNO2/c1-8-4-5-10(6-11(8)13)7-14(3)9(2)12(15)16/h4-6,9H,7H2,1-3H3,(H,15,16). The summed E-state index contributed by atoms with van der Waals surface area (Å²) in [6, 6.07) is 4.37. The van der Waals surface area contributed by atoms with Gasteiger partial charge in [-0.3, -0.25) is 9.69 Å². The maximum Gasteiger partial charge on any atom is 0.320 e. The van der Waals surface area contributed by atoms with Gasteiger partial charge in [0.25, 0.3) is 0 Å². The monoisotopic (exact) mass is 225 g/mol. The molecule has 0 spiro atoms. The second-order valence-electron chi connectivity index (χ2n) is 4.01. The Morgan fingerprint density at radius 2 is 2.19 bits per heavy atom. The fourth-order valence-electron chi connectivity index (χ4n) is 1.35. The van der Waals surface area contributed by atoms with Crippen LogP contribution in [0.1, 0.15) is 18.1 Å². The number of aliphatic carboxylic acids is 1. The lowest BCUT2D eigenvalue weighted by molar-refractivity contribution is -0.142. The van der Waals surface area contributed by atoms with E-state index in [1.165, 1.54) is 6.07 Å². The summed E-state index contributed by atoms with van der Waals surface area (Å²) in [7, 11) is 1.70. The predicted octanol–water partition coefficient (Wildman–Crippen LogP) is 2.04. The van der Waals surface area contributed by atoms with Crippen LogP contribution in [0.5, 0.6) is 0 Å². The smallest absolute Gasteiger partial charge is 0.320 e. The van der Waals surface area contributed by atoms with Gasteiger partial charge >= 0.3 is 5.97 Å². The molecule has 0 heterocycles. The van der Waals surface area contributed by atoms with Gasteiger partial charge in [-0.2, -0.15) is 0 Å². The molecular formula is C12H16FNO2. The van der Waals surface area contributed by atoms with Gasteiger partial charge in [0.15, 0.2) is 0 Å². The lowest BCUT2D eigenvalue weighted by atomic mass is 10.1. The normalized spacial score (nSPS) is 12.8. The van der Waals surface area contributed by atoms with E-state index in [0.717, 1.165) is 5.56 Å². The van der Waals surface area contributed by atoms with Crippen molar-refractivity contribution in [2.75, 3.05) is 7.05 Å². The largest absolute Gasteiger partial charge is 0.480 e. The molecule has 0 fully saturated rings. The van der Waals surface area contributed by atoms with Gasteiger partial charge in [0, 0.05) is 6.54 Å². The third kappa shape index (κ3) is 3.03. The van der Waals surface area contributed by atoms with Crippen LogP contribution in [0, 0.1) is 12.7 Å². The van der Waals surface area contributed by atoms with Crippen molar-refractivity contribution in [2.45, 2.75) is 26.4 Å². The van der Waals surface area contributed by atoms with E-state index in [2.05, 4.69) is 0 Å². The minimum absolute atomic E-state index is 0.256. The summed E-state index contributed by atoms with van der Waals surface area (Å²) in [6.45, 7) is 3.72. The summed E-state index contributed by atoms with van der Waals surface area (Å²) in [5.41, 5.74) is 1.37. The van der Waals surface area contributed by atoms with Crippen molar-refractivity contribution in [3.63, 3.8) is 0 Å². The molecule has 0 radical (unpaired) electrons. The zero-order valence-corrected chi connectivity index (χ0v) is 9.70. The van der Waals surface area contributed by atoms with Crippen molar-refractivity contribution >= 4 is 5.97 Å². The van der Waals surface area contributed by atoms with E-state index in [0.29, 0.717) is 12.1 Å². The molecule has 1 aromatic carbocycles. The topological polar surface area (TPSA) is 40.5 Å². The summed E-state index contributed by atoms with van der Waals surface area (Å²) >= 11 is 0. The number of aryl methyl sites for hydroxylation is 1. The van der Waals surface area contributed by atoms with Gasteiger partial charge in [-0.05, 0) is 38.1 Å². The van der Waals surface area contributed by atoms with Crippen LogP contribution in [-0.4, -0.2) is 29.1 Å². The molecule has 0 saturated carbocycles. The SMILES string of the molecule is Cc1ccc(CN(C)C(C)C(=O)O)cc1F. The molecule has 88 valence electrons. The maximum absolute atomic E-state index is 13.3. The van der Waals surface area contributed by atoms with Crippen molar-refractivity contribution in [3.8, 4) is 0 Å². The highest BCUT2D eigenvalue weighted by atomic mass is 19.1. The van der Waals surface area contributed by atoms with E-state index in [9.17, 15) is 9.18 Å². The van der Waals surface area contributed by atoms with E-state index in [-0.39, 0.29) is 5.82 Å². The van der Waals surface area contributed by atoms with Gasteiger partial charge in [-0.25, -0.2) is 4.39 Å². The number of carboxylic acids is 1. The first-order valence-electron chi connectivity index (χ1n) is 5.10. The molecule has 1 unspecified atom stereocenters. The van der Waals surface area contributed by atoms with Gasteiger partial charge in [-0.15, -0.1) is 0 Å². The zero-order valence-electron chi connectivity index (χ0n) is 9.70. The highest BCUT2D eigenvalue weighted by Crippen LogP contribution is 2.12. The number of hydrogen-bond acceptors (Lipinski definition) is 2. The number of carbonyl (C=O) groups is 1. The molecule has 0 aliphatic rings. The number of hydrogen-bond donors (Lipinski definition) is 1. The molecule has 16 heavy (non-hydrogen) atoms. The number of halogens is 1. The summed E-state index contributed by atoms with van der Waals surface area (Å²) in [6.07, 6.45) is 0. The van der Waals surface area contributed by atoms with Crippen LogP contribution in [0.25, 0.3) is 0 Å². The fourth-order valence-corrected chi connectivity index (χ4v) is 1.35. The first kappa shape index (κ1) is 12.6. The molecule has 0 bridgehead atoms. The molecule has 4 heteroatoms. The van der Waals surface area contributed by atoms with Crippen LogP contribution < -0.4 is 0 Å². The molecule has 1 aromatic rings. The molecule has 0 aliphatic carbocycles. The van der Waals surface area contributed by atoms with Crippen LogP contribution in [0.15, 0.2) is 18.2 Å². The molecule has 0 saturated heterocycles. The van der Waals surface area contributed by atoms with Crippen LogP contribution in [-0.2, 0) is 11.3 Å². The highest BCUT2D eigenvalue weighted by molar-refractivity contribution is 5.72. The maximum atomic E-state index is 13.3. The zero-order chi connectivity index (χ0) is 12.3. The van der Waals surface area contributed by atoms with Gasteiger partial charge in [0.2, 0.25) is 0 Å². The Morgan fingerprint density at radius 3 is 2.69 bits per heavy atom. The number of likely N-dealkylation sites (N-methyl/N-ethyl adjacent to an activating group) is 1. The van der Waals surface area contributed by atoms with E-state index < -0.39 is 12.0 Å². The molecule has 0 aliphatic heterocycles. The lowest BCUT2D eigenvalue weighted by Gasteiger charge is -2.21. The molecule has 1 rings (SSSR count). The molecule has 3 nitrogen and oxygen atoms in total. The van der Waals surface area contributed by atoms with Gasteiger partial charge < -0.3 is 5.11 Å². The molecular weight excluding hydrogens is 209 g/mol. The van der Waals surface area contributed by atoms with E-state index in [1.54, 1.807) is 31.9 Å². The third-order valence-electron chi connectivity index (χ3n) is 2.69. The highest BCUT2D eigenvalue weighted by Gasteiger charge is 2.16. The van der Waals surface area contributed by atoms with E-state index in [1.807, 2.05) is 6.07 Å². The molecule has 0 aromatic heterocycles. The van der Waals surface area contributed by atoms with E-state index >= 15 is 0 Å².